The highest BCUT2D eigenvalue weighted by atomic mass is 16.7. The molecule has 0 unspecified atom stereocenters. The third-order valence-electron chi connectivity index (χ3n) is 1.45. The monoisotopic (exact) mass is 247 g/mol. The molecule has 0 aromatic heterocycles. The van der Waals surface area contributed by atoms with E-state index in [2.05, 4.69) is 15.5 Å². The highest BCUT2D eigenvalue weighted by molar-refractivity contribution is 5.78. The van der Waals surface area contributed by atoms with Crippen molar-refractivity contribution in [3.8, 4) is 0 Å². The first-order valence-corrected chi connectivity index (χ1v) is 5.08. The summed E-state index contributed by atoms with van der Waals surface area (Å²) in [5, 5.41) is 13.2. The lowest BCUT2D eigenvalue weighted by molar-refractivity contribution is -0.144. The summed E-state index contributed by atoms with van der Waals surface area (Å²) >= 11 is 0. The zero-order valence-corrected chi connectivity index (χ0v) is 9.78. The predicted octanol–water partition coefficient (Wildman–Crippen LogP) is -0.783. The van der Waals surface area contributed by atoms with Gasteiger partial charge in [-0.3, -0.25) is 9.63 Å². The van der Waals surface area contributed by atoms with E-state index >= 15 is 0 Å². The highest BCUT2D eigenvalue weighted by Gasteiger charge is 2.05. The van der Waals surface area contributed by atoms with Gasteiger partial charge in [-0.25, -0.2) is 15.1 Å². The number of carbonyl (C=O) groups is 3. The minimum Gasteiger partial charge on any atom is -0.479 e. The molecule has 0 rings (SSSR count). The van der Waals surface area contributed by atoms with Gasteiger partial charge in [-0.15, -0.1) is 0 Å². The molecular weight excluding hydrogens is 230 g/mol. The number of carboxylic acids is 1. The number of nitrogens with one attached hydrogen (secondary N) is 3. The van der Waals surface area contributed by atoms with Gasteiger partial charge < -0.3 is 15.7 Å². The van der Waals surface area contributed by atoms with Crippen LogP contribution in [0.25, 0.3) is 0 Å². The number of urea groups is 1. The Morgan fingerprint density at radius 2 is 1.94 bits per heavy atom. The van der Waals surface area contributed by atoms with Gasteiger partial charge in [0.25, 0.3) is 0 Å². The van der Waals surface area contributed by atoms with E-state index < -0.39 is 18.6 Å². The summed E-state index contributed by atoms with van der Waals surface area (Å²) in [5.41, 5.74) is 1.87. The van der Waals surface area contributed by atoms with Gasteiger partial charge in [-0.1, -0.05) is 0 Å². The van der Waals surface area contributed by atoms with Crippen LogP contribution in [0.15, 0.2) is 0 Å². The van der Waals surface area contributed by atoms with Crippen LogP contribution in [-0.2, 0) is 14.4 Å². The molecule has 0 bridgehead atoms. The molecule has 8 heteroatoms. The van der Waals surface area contributed by atoms with Gasteiger partial charge in [-0.2, -0.15) is 0 Å². The van der Waals surface area contributed by atoms with Crippen molar-refractivity contribution in [1.82, 2.24) is 16.1 Å². The van der Waals surface area contributed by atoms with Gasteiger partial charge in [0.2, 0.25) is 5.91 Å². The number of rotatable bonds is 7. The second-order valence-electron chi connectivity index (χ2n) is 3.51. The van der Waals surface area contributed by atoms with Crippen molar-refractivity contribution < 1.29 is 24.3 Å². The third kappa shape index (κ3) is 10.5. The average molecular weight is 247 g/mol. The maximum Gasteiger partial charge on any atom is 0.338 e. The normalized spacial score (nSPS) is 9.82. The Hall–Kier alpha value is -1.83. The molecular formula is C9H17N3O5. The Bertz CT molecular complexity index is 280. The number of aliphatic carboxylic acids is 1. The van der Waals surface area contributed by atoms with Gasteiger partial charge in [0, 0.05) is 19.0 Å². The fourth-order valence-corrected chi connectivity index (χ4v) is 0.883. The van der Waals surface area contributed by atoms with Gasteiger partial charge in [0.15, 0.2) is 6.61 Å². The van der Waals surface area contributed by atoms with E-state index in [-0.39, 0.29) is 24.9 Å². The van der Waals surface area contributed by atoms with E-state index in [1.54, 1.807) is 0 Å². The smallest absolute Gasteiger partial charge is 0.338 e. The second-order valence-corrected chi connectivity index (χ2v) is 3.51. The van der Waals surface area contributed by atoms with Crippen molar-refractivity contribution in [2.75, 3.05) is 13.2 Å². The third-order valence-corrected chi connectivity index (χ3v) is 1.45. The van der Waals surface area contributed by atoms with E-state index in [1.807, 2.05) is 19.3 Å². The van der Waals surface area contributed by atoms with E-state index in [0.29, 0.717) is 0 Å². The first-order chi connectivity index (χ1) is 7.91. The molecule has 0 fully saturated rings. The van der Waals surface area contributed by atoms with Crippen LogP contribution < -0.4 is 16.1 Å². The summed E-state index contributed by atoms with van der Waals surface area (Å²) in [6, 6.07) is -0.640. The first-order valence-electron chi connectivity index (χ1n) is 5.08. The van der Waals surface area contributed by atoms with Crippen molar-refractivity contribution in [3.05, 3.63) is 0 Å². The number of amides is 3. The predicted molar refractivity (Wildman–Crippen MR) is 58.0 cm³/mol. The Morgan fingerprint density at radius 1 is 1.29 bits per heavy atom. The Kier molecular flexibility index (Phi) is 7.44. The van der Waals surface area contributed by atoms with E-state index in [9.17, 15) is 14.4 Å². The van der Waals surface area contributed by atoms with Gasteiger partial charge in [0.05, 0.1) is 0 Å². The number of hydroxylamine groups is 1. The summed E-state index contributed by atoms with van der Waals surface area (Å²) < 4.78 is 0. The number of carbonyl (C=O) groups excluding carboxylic acids is 2. The first kappa shape index (κ1) is 15.2. The minimum absolute atomic E-state index is 0.0511. The quantitative estimate of drug-likeness (QED) is 0.440. The number of hydrogen-bond acceptors (Lipinski definition) is 4. The van der Waals surface area contributed by atoms with Crippen LogP contribution in [0.5, 0.6) is 0 Å². The largest absolute Gasteiger partial charge is 0.479 e. The molecule has 0 spiro atoms. The molecule has 0 saturated carbocycles. The summed E-state index contributed by atoms with van der Waals surface area (Å²) in [6.07, 6.45) is 0.143. The van der Waals surface area contributed by atoms with Gasteiger partial charge in [-0.05, 0) is 13.8 Å². The van der Waals surface area contributed by atoms with Crippen molar-refractivity contribution in [2.45, 2.75) is 26.3 Å². The van der Waals surface area contributed by atoms with Crippen LogP contribution in [0.3, 0.4) is 0 Å². The second kappa shape index (κ2) is 8.34. The molecule has 0 aliphatic rings. The standard InChI is InChI=1S/C9H17N3O5/c1-6(2)11-7(13)3-4-10-9(16)12-17-5-8(14)15/h6H,3-5H2,1-2H3,(H,11,13)(H,14,15)(H2,10,12,16). The molecule has 8 nitrogen and oxygen atoms in total. The van der Waals surface area contributed by atoms with E-state index in [1.165, 1.54) is 0 Å². The lowest BCUT2D eigenvalue weighted by Gasteiger charge is -2.09. The molecule has 3 amide bonds. The Balaban J connectivity index is 3.51. The zero-order chi connectivity index (χ0) is 13.3. The molecule has 17 heavy (non-hydrogen) atoms. The molecule has 0 aliphatic heterocycles. The Labute approximate surface area is 98.7 Å². The molecule has 0 radical (unpaired) electrons. The maximum atomic E-state index is 11.1. The van der Waals surface area contributed by atoms with Crippen molar-refractivity contribution in [2.24, 2.45) is 0 Å². The maximum absolute atomic E-state index is 11.1. The minimum atomic E-state index is -1.19. The summed E-state index contributed by atoms with van der Waals surface area (Å²) in [5.74, 6) is -1.37. The zero-order valence-electron chi connectivity index (χ0n) is 9.78. The fraction of sp³-hybridized carbons (Fsp3) is 0.667. The van der Waals surface area contributed by atoms with Crippen LogP contribution in [0.1, 0.15) is 20.3 Å². The van der Waals surface area contributed by atoms with E-state index in [4.69, 9.17) is 5.11 Å². The van der Waals surface area contributed by atoms with Crippen LogP contribution in [0.4, 0.5) is 4.79 Å². The van der Waals surface area contributed by atoms with Crippen LogP contribution in [0, 0.1) is 0 Å². The molecule has 0 aromatic rings. The molecule has 0 saturated heterocycles. The number of hydrogen-bond donors (Lipinski definition) is 4. The molecule has 4 N–H and O–H groups in total. The highest BCUT2D eigenvalue weighted by Crippen LogP contribution is 1.82. The summed E-state index contributed by atoms with van der Waals surface area (Å²) in [4.78, 5) is 36.5. The van der Waals surface area contributed by atoms with Crippen molar-refractivity contribution in [1.29, 1.82) is 0 Å². The lowest BCUT2D eigenvalue weighted by Crippen LogP contribution is -2.39. The number of carboxylic acid groups (broad SMARTS) is 1. The van der Waals surface area contributed by atoms with Gasteiger partial charge in [0.1, 0.15) is 0 Å². The molecule has 98 valence electrons. The molecule has 0 aliphatic carbocycles. The molecule has 0 aromatic carbocycles. The van der Waals surface area contributed by atoms with Crippen molar-refractivity contribution >= 4 is 17.9 Å². The summed E-state index contributed by atoms with van der Waals surface area (Å²) in [7, 11) is 0. The van der Waals surface area contributed by atoms with Gasteiger partial charge >= 0.3 is 12.0 Å². The topological polar surface area (TPSA) is 117 Å². The average Bonchev–Trinajstić information content (AvgIpc) is 2.15. The lowest BCUT2D eigenvalue weighted by atomic mass is 10.3. The van der Waals surface area contributed by atoms with Crippen LogP contribution in [0.2, 0.25) is 0 Å². The van der Waals surface area contributed by atoms with E-state index in [0.717, 1.165) is 0 Å². The van der Waals surface area contributed by atoms with Crippen LogP contribution in [-0.4, -0.2) is 42.2 Å². The Morgan fingerprint density at radius 3 is 2.47 bits per heavy atom. The molecule has 0 heterocycles. The van der Waals surface area contributed by atoms with Crippen LogP contribution >= 0.6 is 0 Å². The summed E-state index contributed by atoms with van der Waals surface area (Å²) in [6.45, 7) is 3.18. The SMILES string of the molecule is CC(C)NC(=O)CCNC(=O)NOCC(=O)O. The molecule has 0 atom stereocenters. The van der Waals surface area contributed by atoms with Crippen molar-refractivity contribution in [3.63, 3.8) is 0 Å². The fourth-order valence-electron chi connectivity index (χ4n) is 0.883.